The normalized spacial score (nSPS) is 25.8. The fraction of sp³-hybridized carbons (Fsp3) is 0.688. The van der Waals surface area contributed by atoms with Crippen LogP contribution in [-0.4, -0.2) is 31.2 Å². The van der Waals surface area contributed by atoms with E-state index in [1.807, 2.05) is 13.0 Å². The Balaban J connectivity index is 1.75. The third-order valence-corrected chi connectivity index (χ3v) is 4.60. The van der Waals surface area contributed by atoms with Gasteiger partial charge in [-0.2, -0.15) is 0 Å². The van der Waals surface area contributed by atoms with Gasteiger partial charge in [-0.15, -0.1) is 0 Å². The molecule has 0 saturated carbocycles. The van der Waals surface area contributed by atoms with Crippen LogP contribution in [0.25, 0.3) is 0 Å². The average Bonchev–Trinajstić information content (AvgIpc) is 2.96. The summed E-state index contributed by atoms with van der Waals surface area (Å²) in [5, 5.41) is 0. The highest BCUT2D eigenvalue weighted by molar-refractivity contribution is 5.98. The van der Waals surface area contributed by atoms with Crippen molar-refractivity contribution in [3.8, 4) is 0 Å². The third-order valence-electron chi connectivity index (χ3n) is 4.60. The lowest BCUT2D eigenvalue weighted by Gasteiger charge is -2.42. The highest BCUT2D eigenvalue weighted by atomic mass is 16.5. The summed E-state index contributed by atoms with van der Waals surface area (Å²) in [6, 6.07) is 1.81. The number of rotatable bonds is 3. The van der Waals surface area contributed by atoms with Crippen molar-refractivity contribution in [2.75, 3.05) is 19.8 Å². The molecule has 2 aliphatic heterocycles. The Morgan fingerprint density at radius 3 is 2.90 bits per heavy atom. The number of carbonyl (C=O) groups is 1. The van der Waals surface area contributed by atoms with Crippen LogP contribution in [0.2, 0.25) is 0 Å². The Hall–Kier alpha value is -1.13. The number of ketones is 1. The van der Waals surface area contributed by atoms with Crippen LogP contribution in [0.5, 0.6) is 0 Å². The molecule has 2 aliphatic rings. The summed E-state index contributed by atoms with van der Waals surface area (Å²) in [5.41, 5.74) is 0.633. The van der Waals surface area contributed by atoms with Crippen LogP contribution < -0.4 is 0 Å². The molecule has 3 rings (SSSR count). The molecule has 0 aromatic carbocycles. The van der Waals surface area contributed by atoms with Gasteiger partial charge in [-0.1, -0.05) is 6.92 Å². The molecule has 0 aliphatic carbocycles. The Morgan fingerprint density at radius 1 is 1.35 bits per heavy atom. The maximum atomic E-state index is 12.7. The zero-order valence-corrected chi connectivity index (χ0v) is 12.0. The van der Waals surface area contributed by atoms with Crippen LogP contribution in [-0.2, 0) is 15.9 Å². The van der Waals surface area contributed by atoms with Gasteiger partial charge >= 0.3 is 0 Å². The van der Waals surface area contributed by atoms with E-state index >= 15 is 0 Å². The second-order valence-corrected chi connectivity index (χ2v) is 5.81. The second kappa shape index (κ2) is 5.70. The predicted octanol–water partition coefficient (Wildman–Crippen LogP) is 3.00. The van der Waals surface area contributed by atoms with Gasteiger partial charge in [0, 0.05) is 32.2 Å². The number of carbonyl (C=O) groups excluding carboxylic acids is 1. The van der Waals surface area contributed by atoms with Crippen molar-refractivity contribution in [3.05, 3.63) is 23.7 Å². The largest absolute Gasteiger partial charge is 0.469 e. The van der Waals surface area contributed by atoms with Crippen molar-refractivity contribution in [2.45, 2.75) is 44.6 Å². The van der Waals surface area contributed by atoms with Crippen molar-refractivity contribution in [1.29, 1.82) is 0 Å². The van der Waals surface area contributed by atoms with Crippen molar-refractivity contribution in [2.24, 2.45) is 5.92 Å². The van der Waals surface area contributed by atoms with Crippen LogP contribution >= 0.6 is 0 Å². The summed E-state index contributed by atoms with van der Waals surface area (Å²) in [4.78, 5) is 12.7. The monoisotopic (exact) mass is 278 g/mol. The predicted molar refractivity (Wildman–Crippen MR) is 73.9 cm³/mol. The van der Waals surface area contributed by atoms with Gasteiger partial charge in [0.1, 0.15) is 5.76 Å². The number of ether oxygens (including phenoxy) is 2. The van der Waals surface area contributed by atoms with Crippen molar-refractivity contribution >= 4 is 5.78 Å². The van der Waals surface area contributed by atoms with E-state index in [4.69, 9.17) is 13.9 Å². The van der Waals surface area contributed by atoms with Gasteiger partial charge in [-0.3, -0.25) is 4.79 Å². The van der Waals surface area contributed by atoms with E-state index in [9.17, 15) is 4.79 Å². The van der Waals surface area contributed by atoms with E-state index in [1.165, 1.54) is 0 Å². The van der Waals surface area contributed by atoms with Gasteiger partial charge in [-0.25, -0.2) is 0 Å². The van der Waals surface area contributed by atoms with E-state index in [2.05, 4.69) is 0 Å². The molecule has 4 nitrogen and oxygen atoms in total. The summed E-state index contributed by atoms with van der Waals surface area (Å²) in [6.45, 7) is 4.18. The van der Waals surface area contributed by atoms with E-state index < -0.39 is 0 Å². The number of Topliss-reactive ketones (excluding diaryl/α,β-unsaturated/α-hetero) is 1. The van der Waals surface area contributed by atoms with Gasteiger partial charge in [0.05, 0.1) is 17.4 Å². The smallest absolute Gasteiger partial charge is 0.169 e. The zero-order valence-electron chi connectivity index (χ0n) is 12.0. The summed E-state index contributed by atoms with van der Waals surface area (Å²) < 4.78 is 16.8. The molecule has 1 aromatic heterocycles. The molecule has 1 spiro atoms. The Kier molecular flexibility index (Phi) is 3.94. The number of furan rings is 1. The van der Waals surface area contributed by atoms with E-state index in [0.29, 0.717) is 6.61 Å². The standard InChI is InChI=1S/C16H22O4/c1-2-14-13(4-7-19-14)15(17)12-3-8-20-16(11-12)5-9-18-10-6-16/h4,7,12H,2-3,5-6,8-11H2,1H3. The van der Waals surface area contributed by atoms with E-state index in [0.717, 1.165) is 56.6 Å². The first-order valence-corrected chi connectivity index (χ1v) is 7.56. The molecule has 2 fully saturated rings. The lowest BCUT2D eigenvalue weighted by molar-refractivity contribution is -0.142. The SMILES string of the molecule is CCc1occc1C(=O)C1CCOC2(CCOCC2)C1. The quantitative estimate of drug-likeness (QED) is 0.797. The molecule has 4 heteroatoms. The van der Waals surface area contributed by atoms with Crippen LogP contribution in [0.15, 0.2) is 16.7 Å². The molecule has 3 heterocycles. The summed E-state index contributed by atoms with van der Waals surface area (Å²) in [6.07, 6.45) is 5.83. The molecule has 110 valence electrons. The maximum absolute atomic E-state index is 12.7. The van der Waals surface area contributed by atoms with Crippen LogP contribution in [0, 0.1) is 5.92 Å². The van der Waals surface area contributed by atoms with Gasteiger partial charge in [0.15, 0.2) is 5.78 Å². The molecule has 1 atom stereocenters. The number of hydrogen-bond donors (Lipinski definition) is 0. The Morgan fingerprint density at radius 2 is 2.15 bits per heavy atom. The topological polar surface area (TPSA) is 48.7 Å². The highest BCUT2D eigenvalue weighted by Gasteiger charge is 2.41. The second-order valence-electron chi connectivity index (χ2n) is 5.81. The molecule has 20 heavy (non-hydrogen) atoms. The fourth-order valence-corrected chi connectivity index (χ4v) is 3.40. The molecule has 0 amide bonds. The van der Waals surface area contributed by atoms with Crippen LogP contribution in [0.1, 0.15) is 48.7 Å². The van der Waals surface area contributed by atoms with Gasteiger partial charge < -0.3 is 13.9 Å². The van der Waals surface area contributed by atoms with E-state index in [1.54, 1.807) is 6.26 Å². The first kappa shape index (κ1) is 13.8. The molecule has 2 saturated heterocycles. The van der Waals surface area contributed by atoms with Crippen molar-refractivity contribution < 1.29 is 18.7 Å². The molecule has 0 radical (unpaired) electrons. The van der Waals surface area contributed by atoms with Gasteiger partial charge in [-0.05, 0) is 31.7 Å². The minimum absolute atomic E-state index is 0.0600. The molecular formula is C16H22O4. The number of hydrogen-bond acceptors (Lipinski definition) is 4. The van der Waals surface area contributed by atoms with Crippen molar-refractivity contribution in [3.63, 3.8) is 0 Å². The number of aryl methyl sites for hydroxylation is 1. The Labute approximate surface area is 119 Å². The molecule has 0 bridgehead atoms. The summed E-state index contributed by atoms with van der Waals surface area (Å²) in [5.74, 6) is 1.09. The average molecular weight is 278 g/mol. The van der Waals surface area contributed by atoms with Crippen LogP contribution in [0.3, 0.4) is 0 Å². The maximum Gasteiger partial charge on any atom is 0.169 e. The first-order valence-electron chi connectivity index (χ1n) is 7.56. The molecule has 1 aromatic rings. The summed E-state index contributed by atoms with van der Waals surface area (Å²) in [7, 11) is 0. The van der Waals surface area contributed by atoms with Crippen LogP contribution in [0.4, 0.5) is 0 Å². The van der Waals surface area contributed by atoms with Gasteiger partial charge in [0.2, 0.25) is 0 Å². The van der Waals surface area contributed by atoms with Gasteiger partial charge in [0.25, 0.3) is 0 Å². The van der Waals surface area contributed by atoms with E-state index in [-0.39, 0.29) is 17.3 Å². The molecule has 0 N–H and O–H groups in total. The summed E-state index contributed by atoms with van der Waals surface area (Å²) >= 11 is 0. The third kappa shape index (κ3) is 2.54. The highest BCUT2D eigenvalue weighted by Crippen LogP contribution is 2.38. The zero-order chi connectivity index (χ0) is 14.0. The Bertz CT molecular complexity index is 465. The lowest BCUT2D eigenvalue weighted by atomic mass is 9.78. The van der Waals surface area contributed by atoms with Crippen molar-refractivity contribution in [1.82, 2.24) is 0 Å². The molecular weight excluding hydrogens is 256 g/mol. The fourth-order valence-electron chi connectivity index (χ4n) is 3.40. The first-order chi connectivity index (χ1) is 9.74. The molecule has 1 unspecified atom stereocenters. The minimum Gasteiger partial charge on any atom is -0.469 e. The lowest BCUT2D eigenvalue weighted by Crippen LogP contribution is -2.45. The minimum atomic E-state index is -0.132.